The largest absolute Gasteiger partial charge is 0.426 e. The molecule has 0 spiro atoms. The number of aryl methyl sites for hydroxylation is 2. The highest BCUT2D eigenvalue weighted by atomic mass is 35.5. The third-order valence-corrected chi connectivity index (χ3v) is 2.41. The molecule has 0 unspecified atom stereocenters. The Labute approximate surface area is 95.2 Å². The van der Waals surface area contributed by atoms with E-state index in [-0.39, 0.29) is 5.97 Å². The third kappa shape index (κ3) is 3.56. The minimum absolute atomic E-state index is 0.215. The minimum atomic E-state index is -0.215. The number of hydrogen-bond donors (Lipinski definition) is 0. The van der Waals surface area contributed by atoms with Gasteiger partial charge in [-0.15, -0.1) is 11.6 Å². The smallest absolute Gasteiger partial charge is 0.311 e. The first-order valence-corrected chi connectivity index (χ1v) is 5.51. The van der Waals surface area contributed by atoms with Crippen molar-refractivity contribution in [1.82, 2.24) is 0 Å². The second kappa shape index (κ2) is 5.76. The average molecular weight is 227 g/mol. The number of hydrogen-bond acceptors (Lipinski definition) is 2. The summed E-state index contributed by atoms with van der Waals surface area (Å²) < 4.78 is 5.28. The molecule has 0 saturated carbocycles. The van der Waals surface area contributed by atoms with Crippen LogP contribution in [0.1, 0.15) is 24.0 Å². The molecule has 0 radical (unpaired) electrons. The van der Waals surface area contributed by atoms with Crippen molar-refractivity contribution in [2.24, 2.45) is 0 Å². The van der Waals surface area contributed by atoms with Gasteiger partial charge in [-0.05, 0) is 31.4 Å². The van der Waals surface area contributed by atoms with Crippen molar-refractivity contribution in [1.29, 1.82) is 0 Å². The van der Waals surface area contributed by atoms with Crippen molar-refractivity contribution in [2.45, 2.75) is 26.7 Å². The first-order chi connectivity index (χ1) is 7.15. The Morgan fingerprint density at radius 1 is 1.33 bits per heavy atom. The monoisotopic (exact) mass is 226 g/mol. The summed E-state index contributed by atoms with van der Waals surface area (Å²) in [4.78, 5) is 11.4. The molecule has 2 nitrogen and oxygen atoms in total. The van der Waals surface area contributed by atoms with E-state index < -0.39 is 0 Å². The average Bonchev–Trinajstić information content (AvgIpc) is 2.21. The van der Waals surface area contributed by atoms with Crippen molar-refractivity contribution < 1.29 is 9.53 Å². The summed E-state index contributed by atoms with van der Waals surface area (Å²) in [5, 5.41) is 0. The fraction of sp³-hybridized carbons (Fsp3) is 0.417. The Hall–Kier alpha value is -1.02. The predicted octanol–water partition coefficient (Wildman–Crippen LogP) is 3.23. The number of halogens is 1. The Bertz CT molecular complexity index is 327. The van der Waals surface area contributed by atoms with Crippen molar-refractivity contribution >= 4 is 17.6 Å². The molecule has 0 aromatic heterocycles. The lowest BCUT2D eigenvalue weighted by Crippen LogP contribution is -2.09. The van der Waals surface area contributed by atoms with Crippen molar-refractivity contribution in [3.63, 3.8) is 0 Å². The van der Waals surface area contributed by atoms with Gasteiger partial charge in [0.2, 0.25) is 0 Å². The van der Waals surface area contributed by atoms with E-state index in [4.69, 9.17) is 16.3 Å². The molecule has 3 heteroatoms. The lowest BCUT2D eigenvalue weighted by atomic mass is 10.1. The van der Waals surface area contributed by atoms with Crippen molar-refractivity contribution in [3.05, 3.63) is 29.3 Å². The van der Waals surface area contributed by atoms with Crippen LogP contribution in [0.2, 0.25) is 0 Å². The van der Waals surface area contributed by atoms with Crippen LogP contribution in [0.4, 0.5) is 0 Å². The second-order valence-corrected chi connectivity index (χ2v) is 3.87. The summed E-state index contributed by atoms with van der Waals surface area (Å²) in [5.41, 5.74) is 1.96. The Morgan fingerprint density at radius 2 is 1.93 bits per heavy atom. The molecule has 1 aromatic rings. The van der Waals surface area contributed by atoms with Gasteiger partial charge >= 0.3 is 5.97 Å². The van der Waals surface area contributed by atoms with E-state index in [0.717, 1.165) is 11.1 Å². The van der Waals surface area contributed by atoms with Gasteiger partial charge in [-0.2, -0.15) is 0 Å². The second-order valence-electron chi connectivity index (χ2n) is 3.49. The quantitative estimate of drug-likeness (QED) is 0.448. The SMILES string of the molecule is Cc1cccc(C)c1OC(=O)CCCCl. The Morgan fingerprint density at radius 3 is 2.47 bits per heavy atom. The van der Waals surface area contributed by atoms with Gasteiger partial charge in [0, 0.05) is 12.3 Å². The molecule has 0 aliphatic carbocycles. The molecule has 82 valence electrons. The van der Waals surface area contributed by atoms with E-state index in [2.05, 4.69) is 0 Å². The van der Waals surface area contributed by atoms with Crippen LogP contribution >= 0.6 is 11.6 Å². The van der Waals surface area contributed by atoms with Crippen LogP contribution in [0, 0.1) is 13.8 Å². The maximum Gasteiger partial charge on any atom is 0.311 e. The molecule has 15 heavy (non-hydrogen) atoms. The molecule has 0 aliphatic heterocycles. The summed E-state index contributed by atoms with van der Waals surface area (Å²) in [6.07, 6.45) is 1.03. The summed E-state index contributed by atoms with van der Waals surface area (Å²) in [6.45, 7) is 3.86. The standard InChI is InChI=1S/C12H15ClO2/c1-9-5-3-6-10(2)12(9)15-11(14)7-4-8-13/h3,5-6H,4,7-8H2,1-2H3. The van der Waals surface area contributed by atoms with Gasteiger partial charge in [0.25, 0.3) is 0 Å². The van der Waals surface area contributed by atoms with Crippen molar-refractivity contribution in [2.75, 3.05) is 5.88 Å². The summed E-state index contributed by atoms with van der Waals surface area (Å²) >= 11 is 5.50. The first-order valence-electron chi connectivity index (χ1n) is 4.98. The number of esters is 1. The maximum atomic E-state index is 11.4. The predicted molar refractivity (Wildman–Crippen MR) is 61.5 cm³/mol. The topological polar surface area (TPSA) is 26.3 Å². The number of para-hydroxylation sites is 1. The summed E-state index contributed by atoms with van der Waals surface area (Å²) in [7, 11) is 0. The highest BCUT2D eigenvalue weighted by molar-refractivity contribution is 6.17. The fourth-order valence-electron chi connectivity index (χ4n) is 1.34. The number of alkyl halides is 1. The van der Waals surface area contributed by atoms with Crippen LogP contribution in [-0.4, -0.2) is 11.8 Å². The molecule has 1 aromatic carbocycles. The molecular weight excluding hydrogens is 212 g/mol. The van der Waals surface area contributed by atoms with E-state index in [1.165, 1.54) is 0 Å². The molecule has 1 rings (SSSR count). The van der Waals surface area contributed by atoms with Gasteiger partial charge in [0.1, 0.15) is 5.75 Å². The number of carbonyl (C=O) groups excluding carboxylic acids is 1. The zero-order valence-corrected chi connectivity index (χ0v) is 9.80. The number of ether oxygens (including phenoxy) is 1. The highest BCUT2D eigenvalue weighted by Gasteiger charge is 2.08. The third-order valence-electron chi connectivity index (χ3n) is 2.14. The molecule has 0 fully saturated rings. The van der Waals surface area contributed by atoms with Crippen LogP contribution in [0.5, 0.6) is 5.75 Å². The van der Waals surface area contributed by atoms with E-state index in [1.807, 2.05) is 32.0 Å². The number of benzene rings is 1. The van der Waals surface area contributed by atoms with Crippen LogP contribution in [0.3, 0.4) is 0 Å². The normalized spacial score (nSPS) is 10.1. The zero-order chi connectivity index (χ0) is 11.3. The summed E-state index contributed by atoms with van der Waals surface area (Å²) in [5.74, 6) is 0.951. The van der Waals surface area contributed by atoms with Crippen LogP contribution in [0.15, 0.2) is 18.2 Å². The zero-order valence-electron chi connectivity index (χ0n) is 9.05. The van der Waals surface area contributed by atoms with Gasteiger partial charge in [-0.25, -0.2) is 0 Å². The van der Waals surface area contributed by atoms with Crippen LogP contribution in [-0.2, 0) is 4.79 Å². The van der Waals surface area contributed by atoms with E-state index in [0.29, 0.717) is 24.5 Å². The molecule has 0 bridgehead atoms. The van der Waals surface area contributed by atoms with Gasteiger partial charge in [0.15, 0.2) is 0 Å². The molecule has 0 amide bonds. The van der Waals surface area contributed by atoms with E-state index >= 15 is 0 Å². The molecule has 0 heterocycles. The maximum absolute atomic E-state index is 11.4. The van der Waals surface area contributed by atoms with E-state index in [9.17, 15) is 4.79 Å². The minimum Gasteiger partial charge on any atom is -0.426 e. The van der Waals surface area contributed by atoms with Gasteiger partial charge in [0.05, 0.1) is 0 Å². The van der Waals surface area contributed by atoms with Crippen LogP contribution in [0.25, 0.3) is 0 Å². The molecule has 0 atom stereocenters. The molecule has 0 aliphatic rings. The lowest BCUT2D eigenvalue weighted by Gasteiger charge is -2.09. The number of carbonyl (C=O) groups is 1. The van der Waals surface area contributed by atoms with Gasteiger partial charge in [-0.3, -0.25) is 4.79 Å². The molecule has 0 N–H and O–H groups in total. The fourth-order valence-corrected chi connectivity index (χ4v) is 1.47. The first kappa shape index (κ1) is 12.1. The highest BCUT2D eigenvalue weighted by Crippen LogP contribution is 2.22. The van der Waals surface area contributed by atoms with Gasteiger partial charge in [-0.1, -0.05) is 18.2 Å². The Balaban J connectivity index is 2.68. The van der Waals surface area contributed by atoms with E-state index in [1.54, 1.807) is 0 Å². The van der Waals surface area contributed by atoms with Gasteiger partial charge < -0.3 is 4.74 Å². The summed E-state index contributed by atoms with van der Waals surface area (Å²) in [6, 6.07) is 5.80. The Kier molecular flexibility index (Phi) is 4.63. The van der Waals surface area contributed by atoms with Crippen molar-refractivity contribution in [3.8, 4) is 5.75 Å². The molecular formula is C12H15ClO2. The van der Waals surface area contributed by atoms with Crippen LogP contribution < -0.4 is 4.74 Å². The molecule has 0 saturated heterocycles. The lowest BCUT2D eigenvalue weighted by molar-refractivity contribution is -0.134. The number of rotatable bonds is 4.